The number of aromatic amines is 1. The van der Waals surface area contributed by atoms with Gasteiger partial charge in [-0.25, -0.2) is 15.1 Å². The molecule has 1 aliphatic heterocycles. The zero-order valence-electron chi connectivity index (χ0n) is 14.4. The maximum atomic E-state index is 11.3. The third-order valence-corrected chi connectivity index (χ3v) is 5.22. The zero-order valence-corrected chi connectivity index (χ0v) is 14.4. The number of aromatic nitrogens is 4. The molecule has 132 valence electrons. The summed E-state index contributed by atoms with van der Waals surface area (Å²) in [4.78, 5) is 22.5. The standard InChI is InChI=1S/C18H24N6O/c25-17-9-8-16(22-23-17)24-10-4-3-5-13(24)11-19-18-14-6-1-2-7-15(14)20-12-21-18/h8-9,12-13H,1-7,10-11H2,(H,23,25)(H,19,20,21). The van der Waals surface area contributed by atoms with Crippen LogP contribution in [0.5, 0.6) is 0 Å². The maximum Gasteiger partial charge on any atom is 0.264 e. The van der Waals surface area contributed by atoms with Gasteiger partial charge in [-0.2, -0.15) is 5.10 Å². The minimum absolute atomic E-state index is 0.164. The second-order valence-corrected chi connectivity index (χ2v) is 6.86. The first-order valence-corrected chi connectivity index (χ1v) is 9.20. The highest BCUT2D eigenvalue weighted by molar-refractivity contribution is 5.48. The van der Waals surface area contributed by atoms with Gasteiger partial charge in [0, 0.05) is 36.5 Å². The van der Waals surface area contributed by atoms with Crippen molar-refractivity contribution in [1.29, 1.82) is 0 Å². The van der Waals surface area contributed by atoms with Gasteiger partial charge in [-0.05, 0) is 51.0 Å². The third-order valence-electron chi connectivity index (χ3n) is 5.22. The highest BCUT2D eigenvalue weighted by atomic mass is 16.1. The molecule has 2 aromatic rings. The van der Waals surface area contributed by atoms with E-state index < -0.39 is 0 Å². The first-order valence-electron chi connectivity index (χ1n) is 9.20. The van der Waals surface area contributed by atoms with E-state index in [2.05, 4.69) is 30.4 Å². The number of fused-ring (bicyclic) bond motifs is 1. The molecule has 1 atom stereocenters. The summed E-state index contributed by atoms with van der Waals surface area (Å²) in [6, 6.07) is 3.70. The van der Waals surface area contributed by atoms with Crippen molar-refractivity contribution in [3.05, 3.63) is 40.1 Å². The van der Waals surface area contributed by atoms with Crippen molar-refractivity contribution in [3.8, 4) is 0 Å². The molecule has 3 heterocycles. The largest absolute Gasteiger partial charge is 0.368 e. The molecule has 4 rings (SSSR count). The van der Waals surface area contributed by atoms with Crippen LogP contribution in [0.15, 0.2) is 23.3 Å². The van der Waals surface area contributed by atoms with Gasteiger partial charge in [-0.3, -0.25) is 4.79 Å². The smallest absolute Gasteiger partial charge is 0.264 e. The minimum Gasteiger partial charge on any atom is -0.368 e. The van der Waals surface area contributed by atoms with E-state index in [0.717, 1.165) is 50.4 Å². The summed E-state index contributed by atoms with van der Waals surface area (Å²) in [5.74, 6) is 1.83. The fourth-order valence-electron chi connectivity index (χ4n) is 3.90. The monoisotopic (exact) mass is 340 g/mol. The number of anilines is 2. The normalized spacial score (nSPS) is 20.2. The molecular formula is C18H24N6O. The van der Waals surface area contributed by atoms with E-state index in [1.165, 1.54) is 30.5 Å². The Balaban J connectivity index is 1.49. The molecule has 0 spiro atoms. The van der Waals surface area contributed by atoms with Crippen molar-refractivity contribution in [1.82, 2.24) is 20.2 Å². The summed E-state index contributed by atoms with van der Waals surface area (Å²) in [5, 5.41) is 10.3. The van der Waals surface area contributed by atoms with Crippen LogP contribution >= 0.6 is 0 Å². The number of hydrogen-bond acceptors (Lipinski definition) is 6. The van der Waals surface area contributed by atoms with E-state index in [1.807, 2.05) is 6.07 Å². The second kappa shape index (κ2) is 7.21. The fourth-order valence-corrected chi connectivity index (χ4v) is 3.90. The Bertz CT molecular complexity index is 769. The van der Waals surface area contributed by atoms with Crippen molar-refractivity contribution in [2.45, 2.75) is 51.0 Å². The minimum atomic E-state index is -0.164. The van der Waals surface area contributed by atoms with Gasteiger partial charge in [0.25, 0.3) is 5.56 Å². The number of aryl methyl sites for hydroxylation is 1. The summed E-state index contributed by atoms with van der Waals surface area (Å²) in [5.41, 5.74) is 2.33. The van der Waals surface area contributed by atoms with Crippen molar-refractivity contribution >= 4 is 11.6 Å². The number of hydrogen-bond donors (Lipinski definition) is 2. The summed E-state index contributed by atoms with van der Waals surface area (Å²) < 4.78 is 0. The average molecular weight is 340 g/mol. The predicted molar refractivity (Wildman–Crippen MR) is 97.0 cm³/mol. The molecule has 7 nitrogen and oxygen atoms in total. The van der Waals surface area contributed by atoms with E-state index in [1.54, 1.807) is 12.4 Å². The van der Waals surface area contributed by atoms with E-state index in [4.69, 9.17) is 0 Å². The molecule has 1 saturated heterocycles. The maximum absolute atomic E-state index is 11.3. The Labute approximate surface area is 146 Å². The Morgan fingerprint density at radius 2 is 2.08 bits per heavy atom. The molecule has 25 heavy (non-hydrogen) atoms. The summed E-state index contributed by atoms with van der Waals surface area (Å²) in [6.07, 6.45) is 9.71. The van der Waals surface area contributed by atoms with Crippen LogP contribution in [0.2, 0.25) is 0 Å². The van der Waals surface area contributed by atoms with Gasteiger partial charge in [0.2, 0.25) is 0 Å². The Morgan fingerprint density at radius 1 is 1.16 bits per heavy atom. The Morgan fingerprint density at radius 3 is 2.96 bits per heavy atom. The summed E-state index contributed by atoms with van der Waals surface area (Å²) >= 11 is 0. The lowest BCUT2D eigenvalue weighted by Gasteiger charge is -2.36. The SMILES string of the molecule is O=c1ccc(N2CCCCC2CNc2ncnc3c2CCCC3)n[nH]1. The number of H-pyrrole nitrogens is 1. The van der Waals surface area contributed by atoms with Crippen molar-refractivity contribution < 1.29 is 0 Å². The molecule has 2 N–H and O–H groups in total. The molecule has 1 unspecified atom stereocenters. The van der Waals surface area contributed by atoms with Crippen molar-refractivity contribution in [2.24, 2.45) is 0 Å². The van der Waals surface area contributed by atoms with Crippen LogP contribution < -0.4 is 15.8 Å². The van der Waals surface area contributed by atoms with E-state index in [9.17, 15) is 4.79 Å². The molecule has 7 heteroatoms. The van der Waals surface area contributed by atoms with Crippen LogP contribution in [0.3, 0.4) is 0 Å². The van der Waals surface area contributed by atoms with Crippen molar-refractivity contribution in [2.75, 3.05) is 23.3 Å². The van der Waals surface area contributed by atoms with E-state index in [-0.39, 0.29) is 5.56 Å². The van der Waals surface area contributed by atoms with E-state index in [0.29, 0.717) is 6.04 Å². The number of nitrogens with zero attached hydrogens (tertiary/aromatic N) is 4. The second-order valence-electron chi connectivity index (χ2n) is 6.86. The average Bonchev–Trinajstić information content (AvgIpc) is 2.67. The first kappa shape index (κ1) is 16.1. The van der Waals surface area contributed by atoms with Crippen LogP contribution in [0.4, 0.5) is 11.6 Å². The van der Waals surface area contributed by atoms with Gasteiger partial charge in [-0.15, -0.1) is 0 Å². The van der Waals surface area contributed by atoms with Crippen LogP contribution in [0, 0.1) is 0 Å². The quantitative estimate of drug-likeness (QED) is 0.884. The molecule has 2 aromatic heterocycles. The van der Waals surface area contributed by atoms with Crippen molar-refractivity contribution in [3.63, 3.8) is 0 Å². The zero-order chi connectivity index (χ0) is 17.1. The van der Waals surface area contributed by atoms with Gasteiger partial charge in [0.05, 0.1) is 0 Å². The van der Waals surface area contributed by atoms with Crippen LogP contribution in [-0.4, -0.2) is 39.3 Å². The summed E-state index contributed by atoms with van der Waals surface area (Å²) in [6.45, 7) is 1.79. The molecule has 0 radical (unpaired) electrons. The molecule has 0 aromatic carbocycles. The van der Waals surface area contributed by atoms with Crippen LogP contribution in [-0.2, 0) is 12.8 Å². The van der Waals surface area contributed by atoms with Gasteiger partial charge < -0.3 is 10.2 Å². The van der Waals surface area contributed by atoms with Gasteiger partial charge in [0.1, 0.15) is 18.0 Å². The predicted octanol–water partition coefficient (Wildman–Crippen LogP) is 1.91. The lowest BCUT2D eigenvalue weighted by atomic mass is 9.96. The highest BCUT2D eigenvalue weighted by Gasteiger charge is 2.24. The Hall–Kier alpha value is -2.44. The molecule has 1 aliphatic carbocycles. The lowest BCUT2D eigenvalue weighted by molar-refractivity contribution is 0.467. The van der Waals surface area contributed by atoms with Gasteiger partial charge in [-0.1, -0.05) is 0 Å². The molecule has 1 fully saturated rings. The number of rotatable bonds is 4. The lowest BCUT2D eigenvalue weighted by Crippen LogP contribution is -2.44. The molecule has 0 bridgehead atoms. The molecule has 0 saturated carbocycles. The molecular weight excluding hydrogens is 316 g/mol. The fraction of sp³-hybridized carbons (Fsp3) is 0.556. The summed E-state index contributed by atoms with van der Waals surface area (Å²) in [7, 11) is 0. The van der Waals surface area contributed by atoms with Gasteiger partial charge >= 0.3 is 0 Å². The number of piperidine rings is 1. The van der Waals surface area contributed by atoms with Gasteiger partial charge in [0.15, 0.2) is 0 Å². The Kier molecular flexibility index (Phi) is 4.63. The topological polar surface area (TPSA) is 86.8 Å². The number of nitrogens with one attached hydrogen (secondary N) is 2. The van der Waals surface area contributed by atoms with Crippen LogP contribution in [0.25, 0.3) is 0 Å². The highest BCUT2D eigenvalue weighted by Crippen LogP contribution is 2.26. The third kappa shape index (κ3) is 3.50. The first-order chi connectivity index (χ1) is 12.3. The molecule has 0 amide bonds. The van der Waals surface area contributed by atoms with E-state index >= 15 is 0 Å². The van der Waals surface area contributed by atoms with Crippen LogP contribution in [0.1, 0.15) is 43.4 Å². The molecule has 2 aliphatic rings.